The van der Waals surface area contributed by atoms with Crippen molar-refractivity contribution in [1.82, 2.24) is 25.2 Å². The number of benzene rings is 2. The first-order valence-corrected chi connectivity index (χ1v) is 16.1. The Kier molecular flexibility index (Phi) is 7.29. The van der Waals surface area contributed by atoms with E-state index in [1.165, 1.54) is 0 Å². The van der Waals surface area contributed by atoms with Crippen LogP contribution < -0.4 is 19.7 Å². The number of nitrogens with one attached hydrogen (secondary N) is 1. The number of hydrogen-bond donors (Lipinski definition) is 1. The molecule has 10 heteroatoms. The quantitative estimate of drug-likeness (QED) is 0.275. The van der Waals surface area contributed by atoms with E-state index >= 15 is 4.39 Å². The van der Waals surface area contributed by atoms with Crippen LogP contribution in [-0.4, -0.2) is 76.4 Å². The van der Waals surface area contributed by atoms with Gasteiger partial charge in [-0.15, -0.1) is 0 Å². The van der Waals surface area contributed by atoms with Crippen molar-refractivity contribution in [2.45, 2.75) is 69.4 Å². The molecule has 2 aromatic carbocycles. The first-order valence-electron chi connectivity index (χ1n) is 16.1. The molecule has 4 saturated heterocycles. The number of hydrogen-bond acceptors (Lipinski definition) is 8. The van der Waals surface area contributed by atoms with Crippen molar-refractivity contribution in [2.24, 2.45) is 0 Å². The van der Waals surface area contributed by atoms with Gasteiger partial charge in [0, 0.05) is 49.9 Å². The van der Waals surface area contributed by atoms with Crippen LogP contribution in [0.2, 0.25) is 0 Å². The van der Waals surface area contributed by atoms with E-state index in [2.05, 4.69) is 25.1 Å². The molecule has 0 radical (unpaired) electrons. The molecule has 45 heavy (non-hydrogen) atoms. The average Bonchev–Trinajstić information content (AvgIpc) is 3.70. The maximum absolute atomic E-state index is 16.8. The molecule has 2 aromatic heterocycles. The maximum atomic E-state index is 16.8. The molecule has 0 aliphatic carbocycles. The van der Waals surface area contributed by atoms with Gasteiger partial charge in [0.15, 0.2) is 5.82 Å². The summed E-state index contributed by atoms with van der Waals surface area (Å²) < 4.78 is 43.8. The van der Waals surface area contributed by atoms with Gasteiger partial charge in [0.05, 0.1) is 10.9 Å². The van der Waals surface area contributed by atoms with Crippen LogP contribution in [0.4, 0.5) is 14.6 Å². The Bertz CT molecular complexity index is 1710. The van der Waals surface area contributed by atoms with Crippen LogP contribution in [0.15, 0.2) is 54.7 Å². The number of aryl methyl sites for hydroxylation is 1. The minimum Gasteiger partial charge on any atom is -0.488 e. The number of alkyl halides is 1. The third kappa shape index (κ3) is 5.27. The summed E-state index contributed by atoms with van der Waals surface area (Å²) in [5.41, 5.74) is 2.44. The van der Waals surface area contributed by atoms with Crippen molar-refractivity contribution in [3.8, 4) is 23.0 Å². The molecule has 0 spiro atoms. The van der Waals surface area contributed by atoms with Gasteiger partial charge in [-0.1, -0.05) is 42.5 Å². The maximum Gasteiger partial charge on any atom is 0.319 e. The molecule has 0 saturated carbocycles. The van der Waals surface area contributed by atoms with E-state index in [0.717, 1.165) is 56.4 Å². The molecule has 4 aliphatic rings. The lowest BCUT2D eigenvalue weighted by atomic mass is 9.95. The lowest BCUT2D eigenvalue weighted by Gasteiger charge is -2.34. The first kappa shape index (κ1) is 28.6. The zero-order chi connectivity index (χ0) is 30.5. The number of piperazine rings is 1. The average molecular weight is 613 g/mol. The van der Waals surface area contributed by atoms with Crippen LogP contribution in [-0.2, 0) is 6.61 Å². The van der Waals surface area contributed by atoms with Crippen molar-refractivity contribution in [1.29, 1.82) is 0 Å². The molecule has 4 aromatic rings. The standard InChI is InChI=1S/C35H38F2N6O2/c1-22-7-5-10-28(44-20-23-8-3-2-4-9-23)29(22)32-30(37)31-27(16-38-32)33(42-18-25-11-12-26(19-42)39-25)41-34(40-31)45-21-35-13-6-14-43(35)17-24(36)15-35/h2-5,7-10,16,24-26,39H,6,11-15,17-21H2,1H3/t24?,25-,26+,35?. The molecule has 234 valence electrons. The lowest BCUT2D eigenvalue weighted by molar-refractivity contribution is 0.107. The van der Waals surface area contributed by atoms with E-state index in [4.69, 9.17) is 14.5 Å². The Labute approximate surface area is 261 Å². The van der Waals surface area contributed by atoms with Crippen molar-refractivity contribution in [3.63, 3.8) is 0 Å². The Morgan fingerprint density at radius 1 is 1.00 bits per heavy atom. The van der Waals surface area contributed by atoms with Crippen molar-refractivity contribution >= 4 is 16.7 Å². The number of fused-ring (bicyclic) bond motifs is 4. The summed E-state index contributed by atoms with van der Waals surface area (Å²) in [6.07, 6.45) is 5.35. The molecular weight excluding hydrogens is 574 g/mol. The van der Waals surface area contributed by atoms with Crippen LogP contribution in [0, 0.1) is 12.7 Å². The van der Waals surface area contributed by atoms with Gasteiger partial charge in [0.25, 0.3) is 0 Å². The van der Waals surface area contributed by atoms with Crippen LogP contribution in [0.1, 0.15) is 43.2 Å². The minimum absolute atomic E-state index is 0.119. The minimum atomic E-state index is -0.864. The number of halogens is 2. The summed E-state index contributed by atoms with van der Waals surface area (Å²) in [6.45, 7) is 5.39. The molecule has 4 atom stereocenters. The third-order valence-corrected chi connectivity index (χ3v) is 10.1. The fourth-order valence-electron chi connectivity index (χ4n) is 7.92. The fraction of sp³-hybridized carbons (Fsp3) is 0.457. The van der Waals surface area contributed by atoms with Gasteiger partial charge in [0.1, 0.15) is 42.2 Å². The van der Waals surface area contributed by atoms with Crippen molar-refractivity contribution in [2.75, 3.05) is 37.7 Å². The second-order valence-electron chi connectivity index (χ2n) is 13.1. The number of nitrogens with zero attached hydrogens (tertiary/aromatic N) is 5. The van der Waals surface area contributed by atoms with E-state index in [1.807, 2.05) is 55.5 Å². The van der Waals surface area contributed by atoms with E-state index < -0.39 is 12.0 Å². The molecule has 4 aliphatic heterocycles. The predicted octanol–water partition coefficient (Wildman–Crippen LogP) is 5.61. The van der Waals surface area contributed by atoms with Gasteiger partial charge >= 0.3 is 6.01 Å². The molecular formula is C35H38F2N6O2. The Morgan fingerprint density at radius 3 is 2.64 bits per heavy atom. The molecule has 6 heterocycles. The molecule has 8 nitrogen and oxygen atoms in total. The zero-order valence-corrected chi connectivity index (χ0v) is 25.5. The first-order chi connectivity index (χ1) is 22.0. The van der Waals surface area contributed by atoms with Crippen molar-refractivity contribution < 1.29 is 18.3 Å². The highest BCUT2D eigenvalue weighted by Crippen LogP contribution is 2.41. The van der Waals surface area contributed by atoms with E-state index in [-0.39, 0.29) is 29.4 Å². The summed E-state index contributed by atoms with van der Waals surface area (Å²) >= 11 is 0. The van der Waals surface area contributed by atoms with Gasteiger partial charge in [0.2, 0.25) is 0 Å². The largest absolute Gasteiger partial charge is 0.488 e. The smallest absolute Gasteiger partial charge is 0.319 e. The van der Waals surface area contributed by atoms with Gasteiger partial charge in [-0.25, -0.2) is 8.78 Å². The van der Waals surface area contributed by atoms with E-state index in [9.17, 15) is 4.39 Å². The van der Waals surface area contributed by atoms with Crippen LogP contribution >= 0.6 is 0 Å². The molecule has 4 fully saturated rings. The molecule has 1 N–H and O–H groups in total. The highest BCUT2D eigenvalue weighted by Gasteiger charge is 2.49. The number of anilines is 1. The van der Waals surface area contributed by atoms with Crippen LogP contribution in [0.5, 0.6) is 11.8 Å². The molecule has 2 bridgehead atoms. The molecule has 0 amide bonds. The highest BCUT2D eigenvalue weighted by molar-refractivity contribution is 5.92. The van der Waals surface area contributed by atoms with E-state index in [0.29, 0.717) is 54.2 Å². The van der Waals surface area contributed by atoms with Gasteiger partial charge in [-0.3, -0.25) is 9.88 Å². The fourth-order valence-corrected chi connectivity index (χ4v) is 7.92. The summed E-state index contributed by atoms with van der Waals surface area (Å²) in [5, 5.41) is 4.21. The summed E-state index contributed by atoms with van der Waals surface area (Å²) in [4.78, 5) is 18.6. The lowest BCUT2D eigenvalue weighted by Crippen LogP contribution is -2.51. The van der Waals surface area contributed by atoms with Gasteiger partial charge < -0.3 is 19.7 Å². The SMILES string of the molecule is Cc1cccc(OCc2ccccc2)c1-c1ncc2c(N3C[C@H]4CC[C@@H](C3)N4)nc(OCC34CCCN3CC(F)C4)nc2c1F. The summed E-state index contributed by atoms with van der Waals surface area (Å²) in [6, 6.07) is 16.4. The normalized spacial score (nSPS) is 26.0. The van der Waals surface area contributed by atoms with Gasteiger partial charge in [-0.05, 0) is 56.3 Å². The Hall–Kier alpha value is -3.89. The summed E-state index contributed by atoms with van der Waals surface area (Å²) in [7, 11) is 0. The van der Waals surface area contributed by atoms with E-state index in [1.54, 1.807) is 6.20 Å². The van der Waals surface area contributed by atoms with Gasteiger partial charge in [-0.2, -0.15) is 9.97 Å². The van der Waals surface area contributed by atoms with Crippen molar-refractivity contribution in [3.05, 3.63) is 71.7 Å². The zero-order valence-electron chi connectivity index (χ0n) is 25.5. The highest BCUT2D eigenvalue weighted by atomic mass is 19.1. The second-order valence-corrected chi connectivity index (χ2v) is 13.1. The predicted molar refractivity (Wildman–Crippen MR) is 169 cm³/mol. The topological polar surface area (TPSA) is 75.6 Å². The molecule has 8 rings (SSSR count). The number of pyridine rings is 1. The number of rotatable bonds is 8. The van der Waals surface area contributed by atoms with Crippen LogP contribution in [0.25, 0.3) is 22.2 Å². The number of ether oxygens (including phenoxy) is 2. The third-order valence-electron chi connectivity index (χ3n) is 10.1. The Balaban J connectivity index is 1.19. The van der Waals surface area contributed by atoms with Crippen LogP contribution in [0.3, 0.4) is 0 Å². The Morgan fingerprint density at radius 2 is 1.82 bits per heavy atom. The molecule has 2 unspecified atom stereocenters. The summed E-state index contributed by atoms with van der Waals surface area (Å²) in [5.74, 6) is 0.645. The monoisotopic (exact) mass is 612 g/mol. The second kappa shape index (κ2) is 11.5. The number of aromatic nitrogens is 3.